The van der Waals surface area contributed by atoms with Gasteiger partial charge in [0.15, 0.2) is 10.9 Å². The summed E-state index contributed by atoms with van der Waals surface area (Å²) in [5.74, 6) is 0.276. The number of anilines is 1. The third kappa shape index (κ3) is 4.63. The van der Waals surface area contributed by atoms with Crippen LogP contribution in [-0.2, 0) is 6.18 Å². The van der Waals surface area contributed by atoms with E-state index in [1.807, 2.05) is 0 Å². The molecule has 2 aromatic carbocycles. The van der Waals surface area contributed by atoms with Crippen LogP contribution in [0.4, 0.5) is 18.9 Å². The Morgan fingerprint density at radius 1 is 1.09 bits per heavy atom. The van der Waals surface area contributed by atoms with Gasteiger partial charge in [0.1, 0.15) is 5.75 Å². The van der Waals surface area contributed by atoms with E-state index in [1.165, 1.54) is 0 Å². The third-order valence-electron chi connectivity index (χ3n) is 2.67. The molecule has 3 nitrogen and oxygen atoms in total. The molecular weight excluding hydrogens is 372 g/mol. The first-order valence-corrected chi connectivity index (χ1v) is 7.24. The van der Waals surface area contributed by atoms with Crippen molar-refractivity contribution in [3.63, 3.8) is 0 Å². The minimum absolute atomic E-state index is 0.0589. The number of thiocarbonyl (C=S) groups is 1. The van der Waals surface area contributed by atoms with E-state index in [9.17, 15) is 13.2 Å². The summed E-state index contributed by atoms with van der Waals surface area (Å²) in [6.45, 7) is 0. The van der Waals surface area contributed by atoms with E-state index >= 15 is 0 Å². The predicted molar refractivity (Wildman–Crippen MR) is 88.4 cm³/mol. The lowest BCUT2D eigenvalue weighted by Crippen LogP contribution is -2.18. The molecule has 0 fully saturated rings. The van der Waals surface area contributed by atoms with Crippen molar-refractivity contribution in [3.05, 3.63) is 52.0 Å². The van der Waals surface area contributed by atoms with Crippen LogP contribution in [0.2, 0.25) is 10.0 Å². The van der Waals surface area contributed by atoms with Gasteiger partial charge in [-0.25, -0.2) is 0 Å². The Hall–Kier alpha value is -1.70. The van der Waals surface area contributed by atoms with Crippen LogP contribution in [0.3, 0.4) is 0 Å². The van der Waals surface area contributed by atoms with Gasteiger partial charge in [-0.3, -0.25) is 0 Å². The number of benzene rings is 2. The van der Waals surface area contributed by atoms with Gasteiger partial charge < -0.3 is 15.8 Å². The highest BCUT2D eigenvalue weighted by atomic mass is 35.5. The van der Waals surface area contributed by atoms with E-state index in [0.717, 1.165) is 12.1 Å². The molecule has 3 N–H and O–H groups in total. The fourth-order valence-electron chi connectivity index (χ4n) is 1.69. The maximum atomic E-state index is 12.7. The van der Waals surface area contributed by atoms with E-state index in [-0.39, 0.29) is 20.9 Å². The van der Waals surface area contributed by atoms with E-state index in [2.05, 4.69) is 5.32 Å². The number of nitrogens with two attached hydrogens (primary N) is 1. The third-order valence-corrected chi connectivity index (χ3v) is 3.33. The highest BCUT2D eigenvalue weighted by Gasteiger charge is 2.32. The topological polar surface area (TPSA) is 47.3 Å². The molecule has 0 aromatic heterocycles. The van der Waals surface area contributed by atoms with Crippen molar-refractivity contribution >= 4 is 46.2 Å². The first-order valence-electron chi connectivity index (χ1n) is 6.07. The number of hydrogen-bond acceptors (Lipinski definition) is 2. The Bertz CT molecular complexity index is 713. The molecule has 23 heavy (non-hydrogen) atoms. The predicted octanol–water partition coefficient (Wildman–Crippen LogP) is 5.46. The zero-order valence-corrected chi connectivity index (χ0v) is 13.6. The van der Waals surface area contributed by atoms with Gasteiger partial charge in [0, 0.05) is 5.69 Å². The number of nitrogens with one attached hydrogen (secondary N) is 1. The maximum Gasteiger partial charge on any atom is 0.416 e. The van der Waals surface area contributed by atoms with Crippen LogP contribution in [0.25, 0.3) is 0 Å². The summed E-state index contributed by atoms with van der Waals surface area (Å²) in [5, 5.41) is 2.34. The van der Waals surface area contributed by atoms with Crippen molar-refractivity contribution in [1.29, 1.82) is 0 Å². The Labute approximate surface area is 145 Å². The molecule has 2 rings (SSSR count). The fraction of sp³-hybridized carbons (Fsp3) is 0.0714. The lowest BCUT2D eigenvalue weighted by molar-refractivity contribution is -0.137. The summed E-state index contributed by atoms with van der Waals surface area (Å²) < 4.78 is 43.5. The molecule has 0 radical (unpaired) electrons. The molecule has 0 heterocycles. The van der Waals surface area contributed by atoms with E-state index < -0.39 is 11.7 Å². The second kappa shape index (κ2) is 6.82. The molecule has 0 bridgehead atoms. The minimum atomic E-state index is -4.54. The largest absolute Gasteiger partial charge is 0.454 e. The Morgan fingerprint density at radius 3 is 2.04 bits per heavy atom. The molecule has 0 aliphatic heterocycles. The van der Waals surface area contributed by atoms with Crippen LogP contribution < -0.4 is 15.8 Å². The minimum Gasteiger partial charge on any atom is -0.454 e. The summed E-state index contributed by atoms with van der Waals surface area (Å²) in [7, 11) is 0. The SMILES string of the molecule is NC(=S)Nc1ccc(Oc2c(Cl)cc(C(F)(F)F)cc2Cl)cc1. The van der Waals surface area contributed by atoms with Gasteiger partial charge in [0.2, 0.25) is 0 Å². The van der Waals surface area contributed by atoms with Crippen molar-refractivity contribution in [2.45, 2.75) is 6.18 Å². The Balaban J connectivity index is 2.25. The molecule has 0 spiro atoms. The van der Waals surface area contributed by atoms with E-state index in [4.69, 9.17) is 45.9 Å². The van der Waals surface area contributed by atoms with Crippen molar-refractivity contribution < 1.29 is 17.9 Å². The molecule has 0 aliphatic rings. The molecule has 9 heteroatoms. The van der Waals surface area contributed by atoms with Gasteiger partial charge in [-0.1, -0.05) is 23.2 Å². The average molecular weight is 381 g/mol. The van der Waals surface area contributed by atoms with E-state index in [1.54, 1.807) is 24.3 Å². The fourth-order valence-corrected chi connectivity index (χ4v) is 2.37. The smallest absolute Gasteiger partial charge is 0.416 e. The van der Waals surface area contributed by atoms with Gasteiger partial charge >= 0.3 is 6.18 Å². The normalized spacial score (nSPS) is 11.2. The molecular formula is C14H9Cl2F3N2OS. The maximum absolute atomic E-state index is 12.7. The zero-order chi connectivity index (χ0) is 17.2. The number of alkyl halides is 3. The van der Waals surface area contributed by atoms with Crippen molar-refractivity contribution in [3.8, 4) is 11.5 Å². The molecule has 0 unspecified atom stereocenters. The summed E-state index contributed by atoms with van der Waals surface area (Å²) >= 11 is 16.4. The van der Waals surface area contributed by atoms with Gasteiger partial charge in [-0.2, -0.15) is 13.2 Å². The molecule has 0 aliphatic carbocycles. The summed E-state index contributed by atoms with van der Waals surface area (Å²) in [6.07, 6.45) is -4.54. The van der Waals surface area contributed by atoms with Crippen LogP contribution in [0.1, 0.15) is 5.56 Å². The van der Waals surface area contributed by atoms with Crippen molar-refractivity contribution in [2.24, 2.45) is 5.73 Å². The second-order valence-corrected chi connectivity index (χ2v) is 5.64. The first-order chi connectivity index (χ1) is 10.7. The van der Waals surface area contributed by atoms with Crippen LogP contribution in [0.15, 0.2) is 36.4 Å². The van der Waals surface area contributed by atoms with Crippen molar-refractivity contribution in [1.82, 2.24) is 0 Å². The second-order valence-electron chi connectivity index (χ2n) is 4.38. The average Bonchev–Trinajstić information content (AvgIpc) is 2.42. The summed E-state index contributed by atoms with van der Waals surface area (Å²) in [5.41, 5.74) is 5.02. The molecule has 2 aromatic rings. The number of rotatable bonds is 3. The van der Waals surface area contributed by atoms with Crippen LogP contribution in [-0.4, -0.2) is 5.11 Å². The van der Waals surface area contributed by atoms with Crippen LogP contribution >= 0.6 is 35.4 Å². The van der Waals surface area contributed by atoms with Gasteiger partial charge in [0.05, 0.1) is 15.6 Å². The Kier molecular flexibility index (Phi) is 5.23. The monoisotopic (exact) mass is 380 g/mol. The van der Waals surface area contributed by atoms with Gasteiger partial charge in [-0.15, -0.1) is 0 Å². The summed E-state index contributed by atoms with van der Waals surface area (Å²) in [6, 6.07) is 7.88. The van der Waals surface area contributed by atoms with Crippen molar-refractivity contribution in [2.75, 3.05) is 5.32 Å². The highest BCUT2D eigenvalue weighted by molar-refractivity contribution is 7.80. The zero-order valence-electron chi connectivity index (χ0n) is 11.2. The number of ether oxygens (including phenoxy) is 1. The lowest BCUT2D eigenvalue weighted by atomic mass is 10.2. The Morgan fingerprint density at radius 2 is 1.61 bits per heavy atom. The molecule has 0 saturated heterocycles. The van der Waals surface area contributed by atoms with E-state index in [0.29, 0.717) is 11.4 Å². The number of halogens is 5. The van der Waals surface area contributed by atoms with Gasteiger partial charge in [-0.05, 0) is 48.6 Å². The molecule has 0 amide bonds. The molecule has 122 valence electrons. The van der Waals surface area contributed by atoms with Crippen LogP contribution in [0.5, 0.6) is 11.5 Å². The highest BCUT2D eigenvalue weighted by Crippen LogP contribution is 2.41. The summed E-state index contributed by atoms with van der Waals surface area (Å²) in [4.78, 5) is 0. The standard InChI is InChI=1S/C14H9Cl2F3N2OS/c15-10-5-7(14(17,18)19)6-11(16)12(10)22-9-3-1-8(2-4-9)21-13(20)23/h1-6H,(H3,20,21,23). The molecule has 0 atom stereocenters. The quantitative estimate of drug-likeness (QED) is 0.694. The number of hydrogen-bond donors (Lipinski definition) is 2. The molecule has 0 saturated carbocycles. The first kappa shape index (κ1) is 17.7. The van der Waals surface area contributed by atoms with Crippen LogP contribution in [0, 0.1) is 0 Å². The lowest BCUT2D eigenvalue weighted by Gasteiger charge is -2.13. The van der Waals surface area contributed by atoms with Gasteiger partial charge in [0.25, 0.3) is 0 Å².